The summed E-state index contributed by atoms with van der Waals surface area (Å²) in [5.74, 6) is -2.26. The van der Waals surface area contributed by atoms with Crippen LogP contribution in [0.3, 0.4) is 0 Å². The van der Waals surface area contributed by atoms with Gasteiger partial charge in [0.15, 0.2) is 9.84 Å². The van der Waals surface area contributed by atoms with E-state index in [-0.39, 0.29) is 16.3 Å². The Hall–Kier alpha value is -3.47. The number of carbonyl (C=O) groups excluding carboxylic acids is 1. The van der Waals surface area contributed by atoms with Gasteiger partial charge in [0.2, 0.25) is 5.88 Å². The molecule has 0 aliphatic rings. The van der Waals surface area contributed by atoms with Crippen molar-refractivity contribution in [3.8, 4) is 11.6 Å². The molecule has 0 atom stereocenters. The molecule has 0 spiro atoms. The molecule has 0 aliphatic carbocycles. The van der Waals surface area contributed by atoms with Gasteiger partial charge in [0, 0.05) is 24.2 Å². The lowest BCUT2D eigenvalue weighted by Crippen LogP contribution is -2.16. The number of ether oxygens (including phenoxy) is 1. The minimum atomic E-state index is -4.78. The van der Waals surface area contributed by atoms with Gasteiger partial charge < -0.3 is 10.1 Å². The van der Waals surface area contributed by atoms with Crippen molar-refractivity contribution >= 4 is 21.4 Å². The van der Waals surface area contributed by atoms with Crippen molar-refractivity contribution < 1.29 is 35.5 Å². The van der Waals surface area contributed by atoms with Crippen LogP contribution < -0.4 is 10.1 Å². The maximum Gasteiger partial charge on any atom is 0.417 e. The van der Waals surface area contributed by atoms with Crippen LogP contribution in [0.5, 0.6) is 11.6 Å². The number of anilines is 1. The number of hydrogen-bond donors (Lipinski definition) is 1. The Labute approximate surface area is 174 Å². The number of alkyl halides is 3. The van der Waals surface area contributed by atoms with Crippen LogP contribution in [0.25, 0.3) is 0 Å². The fourth-order valence-corrected chi connectivity index (χ4v) is 3.16. The SMILES string of the molecule is CS(=O)(=O)c1cccc(NC(=O)c2cc(C(F)(F)F)cnc2Oc2cccc(F)c2)c1. The van der Waals surface area contributed by atoms with E-state index >= 15 is 0 Å². The van der Waals surface area contributed by atoms with Crippen molar-refractivity contribution in [1.29, 1.82) is 0 Å². The summed E-state index contributed by atoms with van der Waals surface area (Å²) in [6.07, 6.45) is -3.33. The fraction of sp³-hybridized carbons (Fsp3) is 0.100. The number of amides is 1. The summed E-state index contributed by atoms with van der Waals surface area (Å²) >= 11 is 0. The second kappa shape index (κ2) is 8.34. The van der Waals surface area contributed by atoms with Gasteiger partial charge in [0.05, 0.1) is 10.5 Å². The summed E-state index contributed by atoms with van der Waals surface area (Å²) in [4.78, 5) is 16.2. The Balaban J connectivity index is 1.99. The van der Waals surface area contributed by atoms with Crippen LogP contribution in [0.4, 0.5) is 23.2 Å². The quantitative estimate of drug-likeness (QED) is 0.566. The van der Waals surface area contributed by atoms with Crippen LogP contribution in [0.1, 0.15) is 15.9 Å². The molecule has 1 heterocycles. The van der Waals surface area contributed by atoms with Crippen molar-refractivity contribution in [2.45, 2.75) is 11.1 Å². The van der Waals surface area contributed by atoms with E-state index in [0.29, 0.717) is 12.3 Å². The molecule has 0 saturated carbocycles. The third-order valence-corrected chi connectivity index (χ3v) is 5.06. The highest BCUT2D eigenvalue weighted by molar-refractivity contribution is 7.90. The number of halogens is 4. The second-order valence-corrected chi connectivity index (χ2v) is 8.40. The van der Waals surface area contributed by atoms with E-state index in [9.17, 15) is 30.8 Å². The van der Waals surface area contributed by atoms with Crippen molar-refractivity contribution in [3.63, 3.8) is 0 Å². The number of nitrogens with one attached hydrogen (secondary N) is 1. The molecule has 11 heteroatoms. The Kier molecular flexibility index (Phi) is 5.98. The first-order valence-electron chi connectivity index (χ1n) is 8.55. The maximum absolute atomic E-state index is 13.4. The van der Waals surface area contributed by atoms with Gasteiger partial charge in [0.25, 0.3) is 5.91 Å². The summed E-state index contributed by atoms with van der Waals surface area (Å²) < 4.78 is 81.5. The molecule has 0 unspecified atom stereocenters. The molecule has 0 fully saturated rings. The van der Waals surface area contributed by atoms with E-state index in [1.165, 1.54) is 30.3 Å². The number of carbonyl (C=O) groups is 1. The van der Waals surface area contributed by atoms with E-state index in [1.807, 2.05) is 0 Å². The Morgan fingerprint density at radius 3 is 2.42 bits per heavy atom. The van der Waals surface area contributed by atoms with Crippen molar-refractivity contribution in [1.82, 2.24) is 4.98 Å². The van der Waals surface area contributed by atoms with Gasteiger partial charge in [-0.25, -0.2) is 17.8 Å². The average molecular weight is 454 g/mol. The zero-order valence-corrected chi connectivity index (χ0v) is 16.6. The Morgan fingerprint density at radius 1 is 1.06 bits per heavy atom. The largest absolute Gasteiger partial charge is 0.438 e. The molecule has 2 aromatic carbocycles. The molecule has 0 radical (unpaired) electrons. The smallest absolute Gasteiger partial charge is 0.417 e. The van der Waals surface area contributed by atoms with Crippen molar-refractivity contribution in [2.24, 2.45) is 0 Å². The van der Waals surface area contributed by atoms with Gasteiger partial charge in [-0.3, -0.25) is 4.79 Å². The minimum absolute atomic E-state index is 0.0297. The molecule has 1 aromatic heterocycles. The predicted molar refractivity (Wildman–Crippen MR) is 103 cm³/mol. The van der Waals surface area contributed by atoms with Crippen LogP contribution >= 0.6 is 0 Å². The van der Waals surface area contributed by atoms with E-state index in [0.717, 1.165) is 24.5 Å². The number of aromatic nitrogens is 1. The summed E-state index contributed by atoms with van der Waals surface area (Å²) in [5, 5.41) is 2.32. The van der Waals surface area contributed by atoms with Crippen LogP contribution in [-0.4, -0.2) is 25.6 Å². The number of rotatable bonds is 5. The highest BCUT2D eigenvalue weighted by Crippen LogP contribution is 2.33. The molecular weight excluding hydrogens is 440 g/mol. The van der Waals surface area contributed by atoms with E-state index < -0.39 is 44.7 Å². The van der Waals surface area contributed by atoms with Gasteiger partial charge in [-0.15, -0.1) is 0 Å². The standard InChI is InChI=1S/C20H14F4N2O4S/c1-31(28,29)16-7-3-5-14(10-16)26-18(27)17-8-12(20(22,23)24)11-25-19(17)30-15-6-2-4-13(21)9-15/h2-11H,1H3,(H,26,27). The van der Waals surface area contributed by atoms with Gasteiger partial charge in [-0.05, 0) is 36.4 Å². The van der Waals surface area contributed by atoms with Crippen LogP contribution in [0.15, 0.2) is 65.7 Å². The maximum atomic E-state index is 13.4. The molecule has 3 aromatic rings. The second-order valence-electron chi connectivity index (χ2n) is 6.39. The van der Waals surface area contributed by atoms with Crippen LogP contribution in [0, 0.1) is 5.82 Å². The van der Waals surface area contributed by atoms with Gasteiger partial charge in [0.1, 0.15) is 17.1 Å². The molecule has 0 aliphatic heterocycles. The third-order valence-electron chi connectivity index (χ3n) is 3.95. The zero-order valence-electron chi connectivity index (χ0n) is 15.8. The number of sulfone groups is 1. The van der Waals surface area contributed by atoms with E-state index in [4.69, 9.17) is 4.74 Å². The normalized spacial score (nSPS) is 11.8. The summed E-state index contributed by atoms with van der Waals surface area (Å²) in [5.41, 5.74) is -1.75. The predicted octanol–water partition coefficient (Wildman–Crippen LogP) is 4.69. The molecule has 3 rings (SSSR count). The van der Waals surface area contributed by atoms with Gasteiger partial charge in [-0.2, -0.15) is 13.2 Å². The Morgan fingerprint density at radius 2 is 1.77 bits per heavy atom. The molecule has 1 amide bonds. The minimum Gasteiger partial charge on any atom is -0.438 e. The van der Waals surface area contributed by atoms with Gasteiger partial charge in [-0.1, -0.05) is 12.1 Å². The lowest BCUT2D eigenvalue weighted by Gasteiger charge is -2.14. The molecular formula is C20H14F4N2O4S. The Bertz CT molecular complexity index is 1240. The van der Waals surface area contributed by atoms with Gasteiger partial charge >= 0.3 is 6.18 Å². The molecule has 1 N–H and O–H groups in total. The summed E-state index contributed by atoms with van der Waals surface area (Å²) in [7, 11) is -3.58. The zero-order chi connectivity index (χ0) is 22.8. The lowest BCUT2D eigenvalue weighted by molar-refractivity contribution is -0.137. The first kappa shape index (κ1) is 22.2. The van der Waals surface area contributed by atoms with Crippen molar-refractivity contribution in [3.05, 3.63) is 77.7 Å². The molecule has 0 bridgehead atoms. The summed E-state index contributed by atoms with van der Waals surface area (Å²) in [6, 6.07) is 10.5. The highest BCUT2D eigenvalue weighted by Gasteiger charge is 2.33. The third kappa shape index (κ3) is 5.57. The number of nitrogens with zero attached hydrogens (tertiary/aromatic N) is 1. The molecule has 0 saturated heterocycles. The first-order valence-corrected chi connectivity index (χ1v) is 10.4. The van der Waals surface area contributed by atoms with Crippen LogP contribution in [0.2, 0.25) is 0 Å². The average Bonchev–Trinajstić information content (AvgIpc) is 2.67. The topological polar surface area (TPSA) is 85.4 Å². The van der Waals surface area contributed by atoms with Crippen LogP contribution in [-0.2, 0) is 16.0 Å². The van der Waals surface area contributed by atoms with E-state index in [1.54, 1.807) is 0 Å². The lowest BCUT2D eigenvalue weighted by atomic mass is 10.1. The van der Waals surface area contributed by atoms with Crippen molar-refractivity contribution in [2.75, 3.05) is 11.6 Å². The number of benzene rings is 2. The molecule has 162 valence electrons. The number of pyridine rings is 1. The first-order chi connectivity index (χ1) is 14.4. The fourth-order valence-electron chi connectivity index (χ4n) is 2.50. The molecule has 31 heavy (non-hydrogen) atoms. The monoisotopic (exact) mass is 454 g/mol. The summed E-state index contributed by atoms with van der Waals surface area (Å²) in [6.45, 7) is 0. The highest BCUT2D eigenvalue weighted by atomic mass is 32.2. The van der Waals surface area contributed by atoms with E-state index in [2.05, 4.69) is 10.3 Å². The number of hydrogen-bond acceptors (Lipinski definition) is 5. The molecule has 6 nitrogen and oxygen atoms in total.